The van der Waals surface area contributed by atoms with Crippen molar-refractivity contribution in [1.29, 1.82) is 0 Å². The molecule has 2 rings (SSSR count). The molecule has 0 radical (unpaired) electrons. The van der Waals surface area contributed by atoms with Crippen molar-refractivity contribution in [2.75, 3.05) is 0 Å². The topological polar surface area (TPSA) is 34.9 Å². The van der Waals surface area contributed by atoms with Crippen LogP contribution < -0.4 is 0 Å². The molecule has 0 saturated carbocycles. The van der Waals surface area contributed by atoms with Gasteiger partial charge in [-0.05, 0) is 41.3 Å². The smallest absolute Gasteiger partial charge is 0.212 e. The molecule has 0 aliphatic heterocycles. The first kappa shape index (κ1) is 15.0. The zero-order valence-electron chi connectivity index (χ0n) is 12.2. The van der Waals surface area contributed by atoms with E-state index in [1.807, 2.05) is 38.1 Å². The minimum absolute atomic E-state index is 0.00150. The van der Waals surface area contributed by atoms with Crippen LogP contribution in [0.4, 0.5) is 0 Å². The quantitative estimate of drug-likeness (QED) is 0.767. The van der Waals surface area contributed by atoms with Gasteiger partial charge in [-0.1, -0.05) is 38.1 Å². The number of ketones is 1. The first-order valence-corrected chi connectivity index (χ1v) is 7.58. The van der Waals surface area contributed by atoms with E-state index in [0.717, 1.165) is 4.47 Å². The lowest BCUT2D eigenvalue weighted by atomic mass is 10.00. The van der Waals surface area contributed by atoms with Crippen LogP contribution in [-0.2, 0) is 0 Å². The first-order valence-electron chi connectivity index (χ1n) is 6.79. The fraction of sp³-hybridized carbons (Fsp3) is 0.375. The second kappa shape index (κ2) is 5.92. The van der Waals surface area contributed by atoms with Gasteiger partial charge in [0.1, 0.15) is 5.69 Å². The first-order chi connectivity index (χ1) is 9.41. The van der Waals surface area contributed by atoms with Crippen LogP contribution in [0.3, 0.4) is 0 Å². The van der Waals surface area contributed by atoms with E-state index in [1.165, 1.54) is 5.56 Å². The van der Waals surface area contributed by atoms with E-state index >= 15 is 0 Å². The van der Waals surface area contributed by atoms with Gasteiger partial charge in [0, 0.05) is 11.6 Å². The molecule has 2 aromatic rings. The molecule has 1 aromatic carbocycles. The number of benzene rings is 1. The van der Waals surface area contributed by atoms with Crippen molar-refractivity contribution in [3.8, 4) is 0 Å². The molecule has 106 valence electrons. The van der Waals surface area contributed by atoms with Crippen LogP contribution in [0.2, 0.25) is 0 Å². The number of hydrogen-bond donors (Lipinski definition) is 0. The van der Waals surface area contributed by atoms with Crippen molar-refractivity contribution in [2.24, 2.45) is 0 Å². The maximum Gasteiger partial charge on any atom is 0.212 e. The van der Waals surface area contributed by atoms with E-state index in [2.05, 4.69) is 34.9 Å². The van der Waals surface area contributed by atoms with Gasteiger partial charge >= 0.3 is 0 Å². The highest BCUT2D eigenvalue weighted by Gasteiger charge is 2.20. The second-order valence-corrected chi connectivity index (χ2v) is 6.34. The Kier molecular flexibility index (Phi) is 4.43. The summed E-state index contributed by atoms with van der Waals surface area (Å²) >= 11 is 3.42. The van der Waals surface area contributed by atoms with E-state index in [1.54, 1.807) is 10.9 Å². The third-order valence-corrected chi connectivity index (χ3v) is 3.87. The van der Waals surface area contributed by atoms with Gasteiger partial charge in [-0.3, -0.25) is 9.48 Å². The van der Waals surface area contributed by atoms with Gasteiger partial charge in [-0.25, -0.2) is 0 Å². The molecule has 1 aromatic heterocycles. The normalized spacial score (nSPS) is 11.3. The fourth-order valence-corrected chi connectivity index (χ4v) is 2.55. The molecule has 0 bridgehead atoms. The van der Waals surface area contributed by atoms with Gasteiger partial charge in [0.25, 0.3) is 0 Å². The summed E-state index contributed by atoms with van der Waals surface area (Å²) in [4.78, 5) is 12.6. The summed E-state index contributed by atoms with van der Waals surface area (Å²) in [5.41, 5.74) is 2.53. The van der Waals surface area contributed by atoms with Crippen LogP contribution in [-0.4, -0.2) is 15.6 Å². The molecule has 0 atom stereocenters. The molecule has 0 unspecified atom stereocenters. The number of carbonyl (C=O) groups is 1. The Morgan fingerprint density at radius 3 is 2.25 bits per heavy atom. The summed E-state index contributed by atoms with van der Waals surface area (Å²) in [6.07, 6.45) is 1.68. The Morgan fingerprint density at radius 2 is 1.75 bits per heavy atom. The monoisotopic (exact) mass is 334 g/mol. The molecule has 4 heteroatoms. The van der Waals surface area contributed by atoms with Crippen LogP contribution in [0.1, 0.15) is 61.3 Å². The lowest BCUT2D eigenvalue weighted by molar-refractivity contribution is 0.102. The zero-order chi connectivity index (χ0) is 14.9. The van der Waals surface area contributed by atoms with Crippen LogP contribution >= 0.6 is 15.9 Å². The van der Waals surface area contributed by atoms with Crippen molar-refractivity contribution in [1.82, 2.24) is 9.78 Å². The van der Waals surface area contributed by atoms with Crippen LogP contribution in [0, 0.1) is 0 Å². The Bertz CT molecular complexity index is 612. The lowest BCUT2D eigenvalue weighted by Gasteiger charge is -2.11. The predicted octanol–water partition coefficient (Wildman–Crippen LogP) is 4.58. The molecule has 3 nitrogen and oxygen atoms in total. The van der Waals surface area contributed by atoms with Gasteiger partial charge in [-0.15, -0.1) is 0 Å². The van der Waals surface area contributed by atoms with Gasteiger partial charge in [0.2, 0.25) is 5.78 Å². The molecule has 0 spiro atoms. The second-order valence-electron chi connectivity index (χ2n) is 5.49. The number of nitrogens with zero attached hydrogens (tertiary/aromatic N) is 2. The number of aromatic nitrogens is 2. The summed E-state index contributed by atoms with van der Waals surface area (Å²) in [5.74, 6) is 0.463. The summed E-state index contributed by atoms with van der Waals surface area (Å²) < 4.78 is 2.49. The van der Waals surface area contributed by atoms with Gasteiger partial charge < -0.3 is 0 Å². The Hall–Kier alpha value is -1.42. The van der Waals surface area contributed by atoms with Gasteiger partial charge in [-0.2, -0.15) is 5.10 Å². The molecule has 0 fully saturated rings. The molecule has 0 aliphatic rings. The highest BCUT2D eigenvalue weighted by molar-refractivity contribution is 9.10. The van der Waals surface area contributed by atoms with Crippen molar-refractivity contribution in [2.45, 2.75) is 39.7 Å². The van der Waals surface area contributed by atoms with E-state index in [0.29, 0.717) is 17.2 Å². The highest BCUT2D eigenvalue weighted by Crippen LogP contribution is 2.23. The molecular weight excluding hydrogens is 316 g/mol. The Labute approximate surface area is 128 Å². The van der Waals surface area contributed by atoms with Crippen LogP contribution in [0.15, 0.2) is 34.9 Å². The summed E-state index contributed by atoms with van der Waals surface area (Å²) in [7, 11) is 0. The highest BCUT2D eigenvalue weighted by atomic mass is 79.9. The van der Waals surface area contributed by atoms with Crippen LogP contribution in [0.5, 0.6) is 0 Å². The molecule has 0 amide bonds. The van der Waals surface area contributed by atoms with Gasteiger partial charge in [0.05, 0.1) is 10.7 Å². The van der Waals surface area contributed by atoms with E-state index in [9.17, 15) is 4.79 Å². The summed E-state index contributed by atoms with van der Waals surface area (Å²) in [6, 6.07) is 7.96. The van der Waals surface area contributed by atoms with Crippen molar-refractivity contribution < 1.29 is 4.79 Å². The van der Waals surface area contributed by atoms with Crippen LogP contribution in [0.25, 0.3) is 0 Å². The third kappa shape index (κ3) is 2.85. The number of hydrogen-bond acceptors (Lipinski definition) is 2. The lowest BCUT2D eigenvalue weighted by Crippen LogP contribution is -2.14. The number of rotatable bonds is 4. The molecule has 20 heavy (non-hydrogen) atoms. The van der Waals surface area contributed by atoms with Crippen molar-refractivity contribution >= 4 is 21.7 Å². The largest absolute Gasteiger partial charge is 0.287 e. The van der Waals surface area contributed by atoms with E-state index in [4.69, 9.17) is 0 Å². The third-order valence-electron chi connectivity index (χ3n) is 3.29. The SMILES string of the molecule is CC(C)c1ccc(C(=O)c2c(Br)cnn2C(C)C)cc1. The maximum absolute atomic E-state index is 12.6. The van der Waals surface area contributed by atoms with Crippen molar-refractivity contribution in [3.63, 3.8) is 0 Å². The Morgan fingerprint density at radius 1 is 1.15 bits per heavy atom. The molecule has 1 heterocycles. The molecule has 0 saturated heterocycles. The van der Waals surface area contributed by atoms with E-state index < -0.39 is 0 Å². The average Bonchev–Trinajstić information content (AvgIpc) is 2.80. The molecular formula is C16H19BrN2O. The molecule has 0 N–H and O–H groups in total. The van der Waals surface area contributed by atoms with Gasteiger partial charge in [0.15, 0.2) is 0 Å². The fourth-order valence-electron chi connectivity index (χ4n) is 2.10. The van der Waals surface area contributed by atoms with Crippen molar-refractivity contribution in [3.05, 3.63) is 51.8 Å². The minimum Gasteiger partial charge on any atom is -0.287 e. The number of halogens is 1. The minimum atomic E-state index is -0.00150. The molecule has 0 aliphatic carbocycles. The average molecular weight is 335 g/mol. The standard InChI is InChI=1S/C16H19BrN2O/c1-10(2)12-5-7-13(8-6-12)16(20)15-14(17)9-18-19(15)11(3)4/h5-11H,1-4H3. The predicted molar refractivity (Wildman–Crippen MR) is 84.3 cm³/mol. The summed E-state index contributed by atoms with van der Waals surface area (Å²) in [6.45, 7) is 8.30. The Balaban J connectivity index is 2.39. The van der Waals surface area contributed by atoms with E-state index in [-0.39, 0.29) is 11.8 Å². The zero-order valence-corrected chi connectivity index (χ0v) is 13.8. The maximum atomic E-state index is 12.6. The summed E-state index contributed by atoms with van der Waals surface area (Å²) in [5, 5.41) is 4.26. The number of carbonyl (C=O) groups excluding carboxylic acids is 1.